The SMILES string of the molecule is COc1ccc(Cl)c2sc(N(Cc3ccccn3)C(=O)c3ccc(F)cc3Cl)nc12. The van der Waals surface area contributed by atoms with Gasteiger partial charge >= 0.3 is 0 Å². The molecule has 0 N–H and O–H groups in total. The first kappa shape index (κ1) is 20.5. The first-order chi connectivity index (χ1) is 14.5. The van der Waals surface area contributed by atoms with Gasteiger partial charge in [0.15, 0.2) is 5.13 Å². The minimum atomic E-state index is -0.524. The van der Waals surface area contributed by atoms with Crippen LogP contribution in [0.15, 0.2) is 54.7 Å². The normalized spacial score (nSPS) is 10.9. The molecule has 9 heteroatoms. The molecule has 2 aromatic heterocycles. The number of carbonyl (C=O) groups excluding carboxylic acids is 1. The number of amides is 1. The molecular weight excluding hydrogens is 448 g/mol. The lowest BCUT2D eigenvalue weighted by Crippen LogP contribution is -2.31. The summed E-state index contributed by atoms with van der Waals surface area (Å²) >= 11 is 13.7. The number of aromatic nitrogens is 2. The lowest BCUT2D eigenvalue weighted by molar-refractivity contribution is 0.0985. The van der Waals surface area contributed by atoms with Crippen LogP contribution in [0.2, 0.25) is 10.0 Å². The number of halogens is 3. The van der Waals surface area contributed by atoms with Gasteiger partial charge in [0, 0.05) is 6.20 Å². The molecule has 0 spiro atoms. The summed E-state index contributed by atoms with van der Waals surface area (Å²) in [4.78, 5) is 23.7. The highest BCUT2D eigenvalue weighted by Gasteiger charge is 2.25. The van der Waals surface area contributed by atoms with Gasteiger partial charge in [-0.3, -0.25) is 14.7 Å². The van der Waals surface area contributed by atoms with Crippen molar-refractivity contribution in [2.75, 3.05) is 12.0 Å². The molecule has 0 bridgehead atoms. The highest BCUT2D eigenvalue weighted by atomic mass is 35.5. The zero-order valence-corrected chi connectivity index (χ0v) is 17.9. The molecule has 2 heterocycles. The minimum Gasteiger partial charge on any atom is -0.494 e. The molecule has 152 valence electrons. The third-order valence-corrected chi connectivity index (χ3v) is 6.20. The Hall–Kier alpha value is -2.74. The summed E-state index contributed by atoms with van der Waals surface area (Å²) in [5.74, 6) is -0.411. The van der Waals surface area contributed by atoms with Gasteiger partial charge in [0.1, 0.15) is 17.1 Å². The molecule has 0 unspecified atom stereocenters. The Balaban J connectivity index is 1.84. The molecule has 1 amide bonds. The topological polar surface area (TPSA) is 55.3 Å². The van der Waals surface area contributed by atoms with E-state index in [0.717, 1.165) is 6.07 Å². The zero-order chi connectivity index (χ0) is 21.3. The van der Waals surface area contributed by atoms with Crippen molar-refractivity contribution in [2.24, 2.45) is 0 Å². The fourth-order valence-corrected chi connectivity index (χ4v) is 4.41. The molecule has 0 radical (unpaired) electrons. The Labute approximate surface area is 185 Å². The molecule has 0 saturated heterocycles. The summed E-state index contributed by atoms with van der Waals surface area (Å²) < 4.78 is 19.6. The van der Waals surface area contributed by atoms with Gasteiger partial charge in [-0.25, -0.2) is 9.37 Å². The summed E-state index contributed by atoms with van der Waals surface area (Å²) in [5, 5.41) is 0.912. The number of ether oxygens (including phenoxy) is 1. The van der Waals surface area contributed by atoms with Crippen LogP contribution in [0.3, 0.4) is 0 Å². The Kier molecular flexibility index (Phi) is 5.85. The average Bonchev–Trinajstić information content (AvgIpc) is 3.19. The molecule has 0 aliphatic carbocycles. The molecule has 0 aliphatic rings. The molecule has 5 nitrogen and oxygen atoms in total. The van der Waals surface area contributed by atoms with Crippen LogP contribution < -0.4 is 9.64 Å². The van der Waals surface area contributed by atoms with Gasteiger partial charge in [-0.15, -0.1) is 0 Å². The van der Waals surface area contributed by atoms with E-state index in [4.69, 9.17) is 27.9 Å². The maximum atomic E-state index is 13.5. The van der Waals surface area contributed by atoms with Crippen molar-refractivity contribution in [3.8, 4) is 5.75 Å². The van der Waals surface area contributed by atoms with Crippen LogP contribution in [-0.4, -0.2) is 23.0 Å². The van der Waals surface area contributed by atoms with Gasteiger partial charge < -0.3 is 4.74 Å². The third-order valence-electron chi connectivity index (χ3n) is 4.35. The molecule has 0 aliphatic heterocycles. The number of rotatable bonds is 5. The Bertz CT molecular complexity index is 1230. The zero-order valence-electron chi connectivity index (χ0n) is 15.6. The van der Waals surface area contributed by atoms with E-state index >= 15 is 0 Å². The molecule has 4 rings (SSSR count). The molecule has 2 aromatic carbocycles. The van der Waals surface area contributed by atoms with Crippen LogP contribution in [0.4, 0.5) is 9.52 Å². The smallest absolute Gasteiger partial charge is 0.261 e. The maximum Gasteiger partial charge on any atom is 0.261 e. The lowest BCUT2D eigenvalue weighted by atomic mass is 10.2. The minimum absolute atomic E-state index is 0.0164. The fraction of sp³-hybridized carbons (Fsp3) is 0.0952. The highest BCUT2D eigenvalue weighted by Crippen LogP contribution is 2.39. The van der Waals surface area contributed by atoms with Crippen LogP contribution in [0.25, 0.3) is 10.2 Å². The van der Waals surface area contributed by atoms with Gasteiger partial charge in [-0.1, -0.05) is 40.6 Å². The van der Waals surface area contributed by atoms with E-state index in [1.165, 1.54) is 35.5 Å². The van der Waals surface area contributed by atoms with E-state index in [2.05, 4.69) is 9.97 Å². The maximum absolute atomic E-state index is 13.5. The molecule has 4 aromatic rings. The predicted molar refractivity (Wildman–Crippen MR) is 117 cm³/mol. The standard InChI is InChI=1S/C21H14Cl2FN3O2S/c1-29-17-8-7-15(22)19-18(17)26-21(30-19)27(11-13-4-2-3-9-25-13)20(28)14-6-5-12(24)10-16(14)23/h2-10H,11H2,1H3. The van der Waals surface area contributed by atoms with Crippen LogP contribution >= 0.6 is 34.5 Å². The number of thiazole rings is 1. The highest BCUT2D eigenvalue weighted by molar-refractivity contribution is 7.23. The van der Waals surface area contributed by atoms with E-state index < -0.39 is 11.7 Å². The van der Waals surface area contributed by atoms with Crippen LogP contribution in [0.1, 0.15) is 16.1 Å². The molecule has 0 atom stereocenters. The van der Waals surface area contributed by atoms with Gasteiger partial charge in [-0.05, 0) is 42.5 Å². The Morgan fingerprint density at radius 2 is 2.00 bits per heavy atom. The summed E-state index contributed by atoms with van der Waals surface area (Å²) in [6.45, 7) is 0.146. The summed E-state index contributed by atoms with van der Waals surface area (Å²) in [6.07, 6.45) is 1.64. The quantitative estimate of drug-likeness (QED) is 0.366. The summed E-state index contributed by atoms with van der Waals surface area (Å²) in [5.41, 5.74) is 1.36. The number of benzene rings is 2. The monoisotopic (exact) mass is 461 g/mol. The van der Waals surface area contributed by atoms with Gasteiger partial charge in [0.05, 0.1) is 39.7 Å². The van der Waals surface area contributed by atoms with Crippen LogP contribution in [0.5, 0.6) is 5.75 Å². The second kappa shape index (κ2) is 8.55. The van der Waals surface area contributed by atoms with Gasteiger partial charge in [0.2, 0.25) is 0 Å². The number of methoxy groups -OCH3 is 1. The van der Waals surface area contributed by atoms with Crippen LogP contribution in [-0.2, 0) is 6.54 Å². The van der Waals surface area contributed by atoms with E-state index in [-0.39, 0.29) is 17.1 Å². The van der Waals surface area contributed by atoms with Crippen molar-refractivity contribution in [1.82, 2.24) is 9.97 Å². The molecular formula is C21H14Cl2FN3O2S. The number of hydrogen-bond donors (Lipinski definition) is 0. The first-order valence-electron chi connectivity index (χ1n) is 8.78. The van der Waals surface area contributed by atoms with Crippen molar-refractivity contribution in [2.45, 2.75) is 6.54 Å². The second-order valence-electron chi connectivity index (χ2n) is 6.26. The first-order valence-corrected chi connectivity index (χ1v) is 10.3. The molecule has 0 fully saturated rings. The average molecular weight is 462 g/mol. The van der Waals surface area contributed by atoms with Crippen molar-refractivity contribution >= 4 is 55.8 Å². The van der Waals surface area contributed by atoms with E-state index in [1.54, 1.807) is 30.5 Å². The van der Waals surface area contributed by atoms with Crippen LogP contribution in [0, 0.1) is 5.82 Å². The Morgan fingerprint density at radius 3 is 2.70 bits per heavy atom. The van der Waals surface area contributed by atoms with Gasteiger partial charge in [0.25, 0.3) is 5.91 Å². The van der Waals surface area contributed by atoms with E-state index in [1.807, 2.05) is 6.07 Å². The molecule has 0 saturated carbocycles. The fourth-order valence-electron chi connectivity index (χ4n) is 2.91. The molecule has 30 heavy (non-hydrogen) atoms. The van der Waals surface area contributed by atoms with E-state index in [9.17, 15) is 9.18 Å². The Morgan fingerprint density at radius 1 is 1.17 bits per heavy atom. The number of anilines is 1. The summed E-state index contributed by atoms with van der Waals surface area (Å²) in [7, 11) is 1.54. The number of pyridine rings is 1. The van der Waals surface area contributed by atoms with Gasteiger partial charge in [-0.2, -0.15) is 0 Å². The predicted octanol–water partition coefficient (Wildman–Crippen LogP) is 5.99. The van der Waals surface area contributed by atoms with Crippen molar-refractivity contribution in [3.05, 3.63) is 81.8 Å². The number of nitrogens with zero attached hydrogens (tertiary/aromatic N) is 3. The largest absolute Gasteiger partial charge is 0.494 e. The van der Waals surface area contributed by atoms with Crippen molar-refractivity contribution in [1.29, 1.82) is 0 Å². The number of carbonyl (C=O) groups is 1. The number of fused-ring (bicyclic) bond motifs is 1. The third kappa shape index (κ3) is 3.96. The lowest BCUT2D eigenvalue weighted by Gasteiger charge is -2.20. The number of hydrogen-bond acceptors (Lipinski definition) is 5. The van der Waals surface area contributed by atoms with Crippen molar-refractivity contribution < 1.29 is 13.9 Å². The summed E-state index contributed by atoms with van der Waals surface area (Å²) in [6, 6.07) is 12.5. The van der Waals surface area contributed by atoms with Crippen molar-refractivity contribution in [3.63, 3.8) is 0 Å². The second-order valence-corrected chi connectivity index (χ2v) is 8.05. The van der Waals surface area contributed by atoms with E-state index in [0.29, 0.717) is 31.8 Å².